The summed E-state index contributed by atoms with van der Waals surface area (Å²) in [5.41, 5.74) is 12.6. The molecule has 5 N–H and O–H groups in total. The normalized spacial score (nSPS) is 17.4. The summed E-state index contributed by atoms with van der Waals surface area (Å²) in [6.07, 6.45) is 10.3. The number of aliphatic hydroxyl groups is 1. The van der Waals surface area contributed by atoms with Crippen LogP contribution in [-0.2, 0) is 32.7 Å². The summed E-state index contributed by atoms with van der Waals surface area (Å²) in [4.78, 5) is 21.5. The van der Waals surface area contributed by atoms with Crippen LogP contribution in [0.25, 0.3) is 5.73 Å². The van der Waals surface area contributed by atoms with Gasteiger partial charge in [-0.05, 0) is 25.0 Å². The fourth-order valence-corrected chi connectivity index (χ4v) is 2.32. The molecule has 1 radical (unpaired) electrons. The number of nitrogens with one attached hydrogen (secondary N) is 2. The fraction of sp³-hybridized carbons (Fsp3) is 0.471. The number of allylic oxidation sites excluding steroid dienone is 1. The molecule has 0 bridgehead atoms. The zero-order valence-corrected chi connectivity index (χ0v) is 17.5. The molecule has 9 heteroatoms. The number of nitrogens with zero attached hydrogens (tertiary/aromatic N) is 1. The molecule has 8 nitrogen and oxygen atoms in total. The van der Waals surface area contributed by atoms with Crippen LogP contribution in [0.2, 0.25) is 0 Å². The number of nitrogen functional groups attached to an aromatic ring is 1. The SMILES string of the molecule is Nc1ccc(C(=O)NCCO)c([N+](=O)[O-])c1.[NH-]C1/C=C\CCCCC1.[Y]. The van der Waals surface area contributed by atoms with Crippen LogP contribution in [0.1, 0.15) is 42.5 Å². The van der Waals surface area contributed by atoms with E-state index in [1.54, 1.807) is 0 Å². The Labute approximate surface area is 178 Å². The van der Waals surface area contributed by atoms with Crippen molar-refractivity contribution in [2.75, 3.05) is 18.9 Å². The molecule has 0 fully saturated rings. The number of amides is 1. The number of aliphatic hydroxyl groups excluding tert-OH is 1. The Bertz CT molecular complexity index is 610. The number of hydrogen-bond donors (Lipinski definition) is 3. The van der Waals surface area contributed by atoms with Crippen LogP contribution in [-0.4, -0.2) is 35.1 Å². The Balaban J connectivity index is 0.000000532. The van der Waals surface area contributed by atoms with Crippen LogP contribution in [0.15, 0.2) is 30.4 Å². The van der Waals surface area contributed by atoms with Gasteiger partial charge in [-0.3, -0.25) is 14.9 Å². The first-order chi connectivity index (χ1) is 12.0. The van der Waals surface area contributed by atoms with Crippen molar-refractivity contribution in [2.24, 2.45) is 0 Å². The van der Waals surface area contributed by atoms with E-state index in [0.29, 0.717) is 0 Å². The maximum atomic E-state index is 11.5. The smallest absolute Gasteiger partial charge is 0.284 e. The maximum absolute atomic E-state index is 11.5. The average Bonchev–Trinajstić information content (AvgIpc) is 2.56. The fourth-order valence-electron chi connectivity index (χ4n) is 2.32. The van der Waals surface area contributed by atoms with E-state index in [2.05, 4.69) is 11.4 Å². The van der Waals surface area contributed by atoms with Gasteiger partial charge in [0.1, 0.15) is 5.56 Å². The molecule has 0 spiro atoms. The second kappa shape index (κ2) is 13.8. The van der Waals surface area contributed by atoms with Crippen molar-refractivity contribution in [3.8, 4) is 0 Å². The van der Waals surface area contributed by atoms with Gasteiger partial charge in [0.2, 0.25) is 0 Å². The van der Waals surface area contributed by atoms with Crippen LogP contribution < -0.4 is 11.1 Å². The summed E-state index contributed by atoms with van der Waals surface area (Å²) in [5, 5.41) is 21.5. The molecular weight excluding hydrogens is 413 g/mol. The molecular formula is C17H25N4O4Y-. The molecule has 1 unspecified atom stereocenters. The van der Waals surface area contributed by atoms with Gasteiger partial charge in [-0.25, -0.2) is 0 Å². The number of carbonyl (C=O) groups excluding carboxylic acids is 1. The van der Waals surface area contributed by atoms with E-state index in [-0.39, 0.29) is 68.8 Å². The van der Waals surface area contributed by atoms with Crippen molar-refractivity contribution in [2.45, 2.75) is 38.1 Å². The van der Waals surface area contributed by atoms with Crippen LogP contribution in [0, 0.1) is 10.1 Å². The Kier molecular flexibility index (Phi) is 13.1. The zero-order chi connectivity index (χ0) is 18.7. The van der Waals surface area contributed by atoms with Crippen LogP contribution in [0.3, 0.4) is 0 Å². The predicted molar refractivity (Wildman–Crippen MR) is 97.3 cm³/mol. The second-order valence-corrected chi connectivity index (χ2v) is 5.69. The van der Waals surface area contributed by atoms with Gasteiger partial charge in [0.25, 0.3) is 11.6 Å². The number of rotatable bonds is 4. The minimum Gasteiger partial charge on any atom is -0.671 e. The van der Waals surface area contributed by atoms with Crippen LogP contribution >= 0.6 is 0 Å². The predicted octanol–water partition coefficient (Wildman–Crippen LogP) is 2.82. The largest absolute Gasteiger partial charge is 0.671 e. The Morgan fingerprint density at radius 1 is 1.38 bits per heavy atom. The van der Waals surface area contributed by atoms with Crippen molar-refractivity contribution in [1.29, 1.82) is 0 Å². The van der Waals surface area contributed by atoms with E-state index < -0.39 is 10.8 Å². The van der Waals surface area contributed by atoms with Crippen molar-refractivity contribution < 1.29 is 47.5 Å². The van der Waals surface area contributed by atoms with E-state index in [9.17, 15) is 14.9 Å². The van der Waals surface area contributed by atoms with E-state index in [0.717, 1.165) is 12.5 Å². The van der Waals surface area contributed by atoms with Gasteiger partial charge < -0.3 is 21.9 Å². The summed E-state index contributed by atoms with van der Waals surface area (Å²) >= 11 is 0. The molecule has 0 aromatic heterocycles. The zero-order valence-electron chi connectivity index (χ0n) is 14.7. The second-order valence-electron chi connectivity index (χ2n) is 5.69. The third-order valence-corrected chi connectivity index (χ3v) is 3.61. The van der Waals surface area contributed by atoms with Crippen LogP contribution in [0.5, 0.6) is 0 Å². The minimum absolute atomic E-state index is 0. The number of nitro benzene ring substituents is 1. The summed E-state index contributed by atoms with van der Waals surface area (Å²) in [7, 11) is 0. The Hall–Kier alpha value is -1.35. The quantitative estimate of drug-likeness (QED) is 0.287. The van der Waals surface area contributed by atoms with E-state index >= 15 is 0 Å². The molecule has 141 valence electrons. The van der Waals surface area contributed by atoms with E-state index in [4.69, 9.17) is 16.6 Å². The number of carbonyl (C=O) groups is 1. The molecule has 2 rings (SSSR count). The van der Waals surface area contributed by atoms with Gasteiger partial charge in [0.05, 0.1) is 11.5 Å². The molecule has 1 aromatic carbocycles. The Morgan fingerprint density at radius 2 is 2.12 bits per heavy atom. The number of hydrogen-bond acceptors (Lipinski definition) is 5. The van der Waals surface area contributed by atoms with Gasteiger partial charge in [0.15, 0.2) is 0 Å². The first kappa shape index (κ1) is 24.7. The number of nitrogens with two attached hydrogens (primary N) is 1. The number of anilines is 1. The topological polar surface area (TPSA) is 142 Å². The minimum atomic E-state index is -0.676. The summed E-state index contributed by atoms with van der Waals surface area (Å²) in [6.45, 7) is -0.186. The van der Waals surface area contributed by atoms with Crippen LogP contribution in [0.4, 0.5) is 11.4 Å². The molecule has 1 aliphatic carbocycles. The Morgan fingerprint density at radius 3 is 2.77 bits per heavy atom. The van der Waals surface area contributed by atoms with Gasteiger partial charge >= 0.3 is 0 Å². The first-order valence-corrected chi connectivity index (χ1v) is 8.26. The molecule has 26 heavy (non-hydrogen) atoms. The number of nitro groups is 1. The average molecular weight is 438 g/mol. The standard InChI is InChI=1S/C9H11N3O4.C8H14N.Y/c10-6-1-2-7(8(5-6)12(15)16)9(14)11-3-4-13;9-8-6-4-2-1-3-5-7-8;/h1-2,5,13H,3-4,10H2,(H,11,14);4,6,8-9H,1-3,5,7H2;/q;-1;/b;6-4-;. The van der Waals surface area contributed by atoms with Gasteiger partial charge in [-0.15, -0.1) is 12.1 Å². The summed E-state index contributed by atoms with van der Waals surface area (Å²) in [6, 6.07) is 3.89. The summed E-state index contributed by atoms with van der Waals surface area (Å²) < 4.78 is 0. The monoisotopic (exact) mass is 438 g/mol. The molecule has 0 heterocycles. The van der Waals surface area contributed by atoms with Crippen molar-refractivity contribution in [3.63, 3.8) is 0 Å². The van der Waals surface area contributed by atoms with Crippen molar-refractivity contribution in [1.82, 2.24) is 5.32 Å². The van der Waals surface area contributed by atoms with Gasteiger partial charge in [0, 0.05) is 51.0 Å². The van der Waals surface area contributed by atoms with Gasteiger partial charge in [-0.1, -0.05) is 25.3 Å². The third-order valence-electron chi connectivity index (χ3n) is 3.61. The maximum Gasteiger partial charge on any atom is 0.284 e. The molecule has 0 saturated carbocycles. The van der Waals surface area contributed by atoms with Crippen molar-refractivity contribution in [3.05, 3.63) is 51.8 Å². The summed E-state index contributed by atoms with van der Waals surface area (Å²) in [5.74, 6) is -0.610. The molecule has 1 amide bonds. The van der Waals surface area contributed by atoms with E-state index in [1.807, 2.05) is 6.08 Å². The molecule has 1 aromatic rings. The molecule has 1 aliphatic rings. The number of benzene rings is 1. The molecule has 1 atom stereocenters. The van der Waals surface area contributed by atoms with Gasteiger partial charge in [-0.2, -0.15) is 0 Å². The first-order valence-electron chi connectivity index (χ1n) is 8.26. The molecule has 0 aliphatic heterocycles. The van der Waals surface area contributed by atoms with E-state index in [1.165, 1.54) is 37.8 Å². The third kappa shape index (κ3) is 9.38. The molecule has 0 saturated heterocycles. The van der Waals surface area contributed by atoms with Crippen molar-refractivity contribution >= 4 is 17.3 Å².